The van der Waals surface area contributed by atoms with Gasteiger partial charge in [0, 0.05) is 19.7 Å². The van der Waals surface area contributed by atoms with E-state index in [9.17, 15) is 8.42 Å². The van der Waals surface area contributed by atoms with Gasteiger partial charge in [-0.3, -0.25) is 0 Å². The Bertz CT molecular complexity index is 475. The van der Waals surface area contributed by atoms with E-state index >= 15 is 0 Å². The predicted octanol–water partition coefficient (Wildman–Crippen LogP) is 1.82. The molecule has 0 atom stereocenters. The van der Waals surface area contributed by atoms with Gasteiger partial charge in [-0.25, -0.2) is 13.1 Å². The van der Waals surface area contributed by atoms with E-state index in [0.29, 0.717) is 32.0 Å². The fraction of sp³-hybridized carbons (Fsp3) is 0.538. The quantitative estimate of drug-likeness (QED) is 0.680. The Morgan fingerprint density at radius 3 is 2.58 bits per heavy atom. The average Bonchev–Trinajstić information content (AvgIpc) is 2.42. The van der Waals surface area contributed by atoms with E-state index in [-0.39, 0.29) is 4.90 Å². The second-order valence-electron chi connectivity index (χ2n) is 4.02. The van der Waals surface area contributed by atoms with Gasteiger partial charge < -0.3 is 10.1 Å². The zero-order valence-corrected chi connectivity index (χ0v) is 12.3. The van der Waals surface area contributed by atoms with Gasteiger partial charge in [0.1, 0.15) is 4.90 Å². The van der Waals surface area contributed by atoms with Crippen molar-refractivity contribution in [3.05, 3.63) is 24.3 Å². The number of para-hydroxylation sites is 1. The minimum atomic E-state index is -3.45. The molecule has 2 N–H and O–H groups in total. The number of anilines is 1. The minimum Gasteiger partial charge on any atom is -0.382 e. The molecule has 19 heavy (non-hydrogen) atoms. The highest BCUT2D eigenvalue weighted by atomic mass is 32.2. The van der Waals surface area contributed by atoms with Crippen LogP contribution < -0.4 is 10.0 Å². The van der Waals surface area contributed by atoms with Crippen LogP contribution in [0.15, 0.2) is 29.2 Å². The lowest BCUT2D eigenvalue weighted by Crippen LogP contribution is -2.25. The van der Waals surface area contributed by atoms with Crippen LogP contribution in [0.4, 0.5) is 5.69 Å². The summed E-state index contributed by atoms with van der Waals surface area (Å²) >= 11 is 0. The van der Waals surface area contributed by atoms with Crippen LogP contribution in [-0.4, -0.2) is 34.7 Å². The van der Waals surface area contributed by atoms with E-state index in [4.69, 9.17) is 4.74 Å². The lowest BCUT2D eigenvalue weighted by atomic mass is 10.3. The Morgan fingerprint density at radius 1 is 1.16 bits per heavy atom. The smallest absolute Gasteiger partial charge is 0.242 e. The SMILES string of the molecule is CCCNS(=O)(=O)c1ccccc1NCCOCC. The number of nitrogens with one attached hydrogen (secondary N) is 2. The summed E-state index contributed by atoms with van der Waals surface area (Å²) in [7, 11) is -3.45. The first-order chi connectivity index (χ1) is 9.11. The van der Waals surface area contributed by atoms with Crippen molar-refractivity contribution in [1.82, 2.24) is 4.72 Å². The Balaban J connectivity index is 2.77. The first-order valence-corrected chi connectivity index (χ1v) is 8.00. The molecule has 0 spiro atoms. The molecular weight excluding hydrogens is 264 g/mol. The van der Waals surface area contributed by atoms with Crippen LogP contribution in [0, 0.1) is 0 Å². The zero-order chi connectivity index (χ0) is 14.1. The second kappa shape index (κ2) is 8.14. The van der Waals surface area contributed by atoms with Gasteiger partial charge in [0.2, 0.25) is 10.0 Å². The van der Waals surface area contributed by atoms with E-state index in [1.807, 2.05) is 19.9 Å². The molecule has 0 aliphatic carbocycles. The standard InChI is InChI=1S/C13H22N2O3S/c1-3-9-15-19(16,17)13-8-6-5-7-12(13)14-10-11-18-4-2/h5-8,14-15H,3-4,9-11H2,1-2H3. The summed E-state index contributed by atoms with van der Waals surface area (Å²) in [6.45, 7) is 6.07. The monoisotopic (exact) mass is 286 g/mol. The van der Waals surface area contributed by atoms with E-state index in [0.717, 1.165) is 6.42 Å². The molecule has 0 heterocycles. The van der Waals surface area contributed by atoms with Crippen LogP contribution in [0.25, 0.3) is 0 Å². The average molecular weight is 286 g/mol. The number of hydrogen-bond donors (Lipinski definition) is 2. The Morgan fingerprint density at radius 2 is 1.89 bits per heavy atom. The van der Waals surface area contributed by atoms with Gasteiger partial charge >= 0.3 is 0 Å². The molecule has 1 aromatic rings. The Kier molecular flexibility index (Phi) is 6.83. The summed E-state index contributed by atoms with van der Waals surface area (Å²) < 4.78 is 32.0. The highest BCUT2D eigenvalue weighted by molar-refractivity contribution is 7.89. The van der Waals surface area contributed by atoms with Crippen molar-refractivity contribution in [2.45, 2.75) is 25.2 Å². The molecule has 0 bridgehead atoms. The van der Waals surface area contributed by atoms with E-state index in [2.05, 4.69) is 10.0 Å². The highest BCUT2D eigenvalue weighted by Crippen LogP contribution is 2.20. The number of ether oxygens (including phenoxy) is 1. The molecule has 0 saturated carbocycles. The maximum atomic E-state index is 12.1. The molecule has 0 amide bonds. The van der Waals surface area contributed by atoms with Gasteiger partial charge in [-0.2, -0.15) is 0 Å². The minimum absolute atomic E-state index is 0.278. The maximum Gasteiger partial charge on any atom is 0.242 e. The lowest BCUT2D eigenvalue weighted by Gasteiger charge is -2.12. The van der Waals surface area contributed by atoms with Gasteiger partial charge in [0.15, 0.2) is 0 Å². The fourth-order valence-electron chi connectivity index (χ4n) is 1.56. The van der Waals surface area contributed by atoms with Crippen LogP contribution in [0.5, 0.6) is 0 Å². The van der Waals surface area contributed by atoms with Crippen LogP contribution >= 0.6 is 0 Å². The van der Waals surface area contributed by atoms with Gasteiger partial charge in [-0.05, 0) is 25.5 Å². The van der Waals surface area contributed by atoms with E-state index in [1.54, 1.807) is 18.2 Å². The van der Waals surface area contributed by atoms with Crippen molar-refractivity contribution in [2.24, 2.45) is 0 Å². The summed E-state index contributed by atoms with van der Waals surface area (Å²) in [5.41, 5.74) is 0.603. The third-order valence-electron chi connectivity index (χ3n) is 2.48. The maximum absolute atomic E-state index is 12.1. The van der Waals surface area contributed by atoms with Crippen LogP contribution in [-0.2, 0) is 14.8 Å². The van der Waals surface area contributed by atoms with Gasteiger partial charge in [0.25, 0.3) is 0 Å². The predicted molar refractivity (Wildman–Crippen MR) is 76.9 cm³/mol. The Hall–Kier alpha value is -1.11. The summed E-state index contributed by atoms with van der Waals surface area (Å²) in [4.78, 5) is 0.278. The lowest BCUT2D eigenvalue weighted by molar-refractivity contribution is 0.158. The zero-order valence-electron chi connectivity index (χ0n) is 11.5. The normalized spacial score (nSPS) is 11.5. The van der Waals surface area contributed by atoms with Crippen molar-refractivity contribution in [1.29, 1.82) is 0 Å². The molecule has 1 aromatic carbocycles. The largest absolute Gasteiger partial charge is 0.382 e. The summed E-state index contributed by atoms with van der Waals surface area (Å²) in [5, 5.41) is 3.09. The molecule has 5 nitrogen and oxygen atoms in total. The molecule has 0 aliphatic heterocycles. The fourth-order valence-corrected chi connectivity index (χ4v) is 2.88. The van der Waals surface area contributed by atoms with Crippen LogP contribution in [0.2, 0.25) is 0 Å². The summed E-state index contributed by atoms with van der Waals surface area (Å²) in [6, 6.07) is 6.88. The number of benzene rings is 1. The first kappa shape index (κ1) is 15.9. The number of hydrogen-bond acceptors (Lipinski definition) is 4. The van der Waals surface area contributed by atoms with Crippen molar-refractivity contribution in [2.75, 3.05) is 31.6 Å². The molecular formula is C13H22N2O3S. The van der Waals surface area contributed by atoms with Crippen molar-refractivity contribution < 1.29 is 13.2 Å². The second-order valence-corrected chi connectivity index (χ2v) is 5.75. The van der Waals surface area contributed by atoms with E-state index in [1.165, 1.54) is 0 Å². The molecule has 0 fully saturated rings. The van der Waals surface area contributed by atoms with Crippen LogP contribution in [0.1, 0.15) is 20.3 Å². The molecule has 0 saturated heterocycles. The summed E-state index contributed by atoms with van der Waals surface area (Å²) in [6.07, 6.45) is 0.763. The summed E-state index contributed by atoms with van der Waals surface area (Å²) in [5.74, 6) is 0. The van der Waals surface area contributed by atoms with Crippen molar-refractivity contribution in [3.8, 4) is 0 Å². The third kappa shape index (κ3) is 5.18. The Labute approximate surface area is 115 Å². The van der Waals surface area contributed by atoms with Gasteiger partial charge in [0.05, 0.1) is 12.3 Å². The van der Waals surface area contributed by atoms with Crippen LogP contribution in [0.3, 0.4) is 0 Å². The number of sulfonamides is 1. The van der Waals surface area contributed by atoms with E-state index < -0.39 is 10.0 Å². The van der Waals surface area contributed by atoms with Gasteiger partial charge in [-0.1, -0.05) is 19.1 Å². The first-order valence-electron chi connectivity index (χ1n) is 6.52. The molecule has 0 aliphatic rings. The topological polar surface area (TPSA) is 67.4 Å². The third-order valence-corrected chi connectivity index (χ3v) is 4.00. The molecule has 0 aromatic heterocycles. The van der Waals surface area contributed by atoms with Crippen molar-refractivity contribution in [3.63, 3.8) is 0 Å². The molecule has 6 heteroatoms. The molecule has 1 rings (SSSR count). The highest BCUT2D eigenvalue weighted by Gasteiger charge is 2.16. The number of rotatable bonds is 9. The molecule has 108 valence electrons. The van der Waals surface area contributed by atoms with Gasteiger partial charge in [-0.15, -0.1) is 0 Å². The molecule has 0 radical (unpaired) electrons. The molecule has 0 unspecified atom stereocenters. The van der Waals surface area contributed by atoms with Crippen molar-refractivity contribution >= 4 is 15.7 Å².